The Bertz CT molecular complexity index is 605. The Morgan fingerprint density at radius 1 is 1.11 bits per heavy atom. The van der Waals surface area contributed by atoms with Gasteiger partial charge < -0.3 is 5.32 Å². The normalized spacial score (nSPS) is 18.0. The van der Waals surface area contributed by atoms with Crippen molar-refractivity contribution in [2.45, 2.75) is 40.2 Å². The third-order valence-corrected chi connectivity index (χ3v) is 4.02. The van der Waals surface area contributed by atoms with Crippen molar-refractivity contribution in [3.63, 3.8) is 0 Å². The molecule has 1 unspecified atom stereocenters. The molecule has 2 aromatic rings. The van der Waals surface area contributed by atoms with E-state index in [0.717, 1.165) is 18.7 Å². The highest BCUT2D eigenvalue weighted by molar-refractivity contribution is 5.49. The number of anilines is 1. The first kappa shape index (κ1) is 12.3. The lowest BCUT2D eigenvalue weighted by atomic mass is 9.98. The topological polar surface area (TPSA) is 29.9 Å². The van der Waals surface area contributed by atoms with Crippen molar-refractivity contribution in [1.82, 2.24) is 9.78 Å². The zero-order valence-electron chi connectivity index (χ0n) is 12.1. The van der Waals surface area contributed by atoms with Crippen LogP contribution in [0.4, 0.5) is 5.82 Å². The molecule has 3 rings (SSSR count). The molecule has 19 heavy (non-hydrogen) atoms. The maximum absolute atomic E-state index is 4.72. The Morgan fingerprint density at radius 3 is 2.47 bits per heavy atom. The van der Waals surface area contributed by atoms with Crippen molar-refractivity contribution in [3.05, 3.63) is 46.1 Å². The highest BCUT2D eigenvalue weighted by atomic mass is 15.4. The minimum absolute atomic E-state index is 0.363. The van der Waals surface area contributed by atoms with E-state index < -0.39 is 0 Å². The molecule has 2 heterocycles. The number of nitrogens with one attached hydrogen (secondary N) is 1. The second-order valence-corrected chi connectivity index (χ2v) is 5.66. The summed E-state index contributed by atoms with van der Waals surface area (Å²) in [5.74, 6) is 1.19. The average Bonchev–Trinajstić information content (AvgIpc) is 2.64. The molecule has 1 atom stereocenters. The van der Waals surface area contributed by atoms with Crippen molar-refractivity contribution >= 4 is 5.82 Å². The molecule has 0 saturated heterocycles. The minimum atomic E-state index is 0.363. The van der Waals surface area contributed by atoms with Crippen LogP contribution in [0.25, 0.3) is 0 Å². The van der Waals surface area contributed by atoms with Crippen LogP contribution in [0.5, 0.6) is 0 Å². The van der Waals surface area contributed by atoms with Gasteiger partial charge >= 0.3 is 0 Å². The fourth-order valence-electron chi connectivity index (χ4n) is 3.03. The van der Waals surface area contributed by atoms with E-state index in [1.807, 2.05) is 0 Å². The zero-order chi connectivity index (χ0) is 13.6. The van der Waals surface area contributed by atoms with Crippen LogP contribution in [-0.4, -0.2) is 16.3 Å². The van der Waals surface area contributed by atoms with Crippen molar-refractivity contribution in [2.75, 3.05) is 11.9 Å². The molecule has 0 aliphatic carbocycles. The Kier molecular flexibility index (Phi) is 2.85. The van der Waals surface area contributed by atoms with E-state index in [1.54, 1.807) is 0 Å². The van der Waals surface area contributed by atoms with Gasteiger partial charge in [0.05, 0.1) is 11.7 Å². The largest absolute Gasteiger partial charge is 0.370 e. The van der Waals surface area contributed by atoms with E-state index in [2.05, 4.69) is 55.9 Å². The van der Waals surface area contributed by atoms with E-state index in [-0.39, 0.29) is 0 Å². The Morgan fingerprint density at radius 2 is 1.79 bits per heavy atom. The SMILES string of the molecule is Cc1cc(C)cc(C2CCNc3c(C)c(C)nn32)c1. The molecule has 0 spiro atoms. The first-order chi connectivity index (χ1) is 9.06. The average molecular weight is 255 g/mol. The van der Waals surface area contributed by atoms with Gasteiger partial charge in [0.25, 0.3) is 0 Å². The smallest absolute Gasteiger partial charge is 0.128 e. The first-order valence-electron chi connectivity index (χ1n) is 6.94. The molecule has 3 heteroatoms. The summed E-state index contributed by atoms with van der Waals surface area (Å²) < 4.78 is 2.17. The third-order valence-electron chi connectivity index (χ3n) is 4.02. The van der Waals surface area contributed by atoms with E-state index in [9.17, 15) is 0 Å². The highest BCUT2D eigenvalue weighted by Gasteiger charge is 2.24. The monoisotopic (exact) mass is 255 g/mol. The predicted molar refractivity (Wildman–Crippen MR) is 78.9 cm³/mol. The number of nitrogens with zero attached hydrogens (tertiary/aromatic N) is 2. The molecule has 0 amide bonds. The fourth-order valence-corrected chi connectivity index (χ4v) is 3.03. The molecular formula is C16H21N3. The molecule has 1 aliphatic rings. The third kappa shape index (κ3) is 2.03. The maximum atomic E-state index is 4.72. The number of aromatic nitrogens is 2. The number of benzene rings is 1. The molecule has 1 aromatic heterocycles. The lowest BCUT2D eigenvalue weighted by Gasteiger charge is -2.27. The first-order valence-corrected chi connectivity index (χ1v) is 6.94. The van der Waals surface area contributed by atoms with Crippen LogP contribution in [0.3, 0.4) is 0 Å². The second-order valence-electron chi connectivity index (χ2n) is 5.66. The zero-order valence-corrected chi connectivity index (χ0v) is 12.1. The van der Waals surface area contributed by atoms with Gasteiger partial charge in [-0.2, -0.15) is 5.10 Å². The minimum Gasteiger partial charge on any atom is -0.370 e. The summed E-state index contributed by atoms with van der Waals surface area (Å²) in [4.78, 5) is 0. The van der Waals surface area contributed by atoms with Crippen LogP contribution in [0, 0.1) is 27.7 Å². The molecule has 0 fully saturated rings. The van der Waals surface area contributed by atoms with Gasteiger partial charge in [-0.3, -0.25) is 0 Å². The van der Waals surface area contributed by atoms with E-state index in [0.29, 0.717) is 6.04 Å². The number of rotatable bonds is 1. The summed E-state index contributed by atoms with van der Waals surface area (Å²) in [6.45, 7) is 9.58. The summed E-state index contributed by atoms with van der Waals surface area (Å²) in [7, 11) is 0. The van der Waals surface area contributed by atoms with Crippen LogP contribution in [-0.2, 0) is 0 Å². The van der Waals surface area contributed by atoms with Crippen LogP contribution in [0.1, 0.15) is 40.4 Å². The Labute approximate surface area is 114 Å². The van der Waals surface area contributed by atoms with Gasteiger partial charge in [-0.05, 0) is 39.7 Å². The number of fused-ring (bicyclic) bond motifs is 1. The van der Waals surface area contributed by atoms with Gasteiger partial charge in [0.15, 0.2) is 0 Å². The van der Waals surface area contributed by atoms with E-state index >= 15 is 0 Å². The number of hydrogen-bond acceptors (Lipinski definition) is 2. The summed E-state index contributed by atoms with van der Waals surface area (Å²) in [5.41, 5.74) is 6.43. The van der Waals surface area contributed by atoms with Crippen LogP contribution in [0.2, 0.25) is 0 Å². The summed E-state index contributed by atoms with van der Waals surface area (Å²) >= 11 is 0. The van der Waals surface area contributed by atoms with Gasteiger partial charge in [-0.1, -0.05) is 29.3 Å². The van der Waals surface area contributed by atoms with Crippen molar-refractivity contribution in [1.29, 1.82) is 0 Å². The molecule has 1 aliphatic heterocycles. The molecule has 0 saturated carbocycles. The van der Waals surface area contributed by atoms with Crippen molar-refractivity contribution in [2.24, 2.45) is 0 Å². The standard InChI is InChI=1S/C16H21N3/c1-10-7-11(2)9-14(8-10)15-5-6-17-16-12(3)13(4)18-19(15)16/h7-9,15,17H,5-6H2,1-4H3. The highest BCUT2D eigenvalue weighted by Crippen LogP contribution is 2.33. The summed E-state index contributed by atoms with van der Waals surface area (Å²) in [6, 6.07) is 7.17. The maximum Gasteiger partial charge on any atom is 0.128 e. The summed E-state index contributed by atoms with van der Waals surface area (Å²) in [5, 5.41) is 8.20. The van der Waals surface area contributed by atoms with Gasteiger partial charge in [-0.15, -0.1) is 0 Å². The summed E-state index contributed by atoms with van der Waals surface area (Å²) in [6.07, 6.45) is 1.09. The van der Waals surface area contributed by atoms with Gasteiger partial charge in [0.1, 0.15) is 5.82 Å². The number of aryl methyl sites for hydroxylation is 3. The van der Waals surface area contributed by atoms with Gasteiger partial charge in [0.2, 0.25) is 0 Å². The fraction of sp³-hybridized carbons (Fsp3) is 0.438. The Balaban J connectivity index is 2.10. The van der Waals surface area contributed by atoms with Crippen LogP contribution < -0.4 is 5.32 Å². The Hall–Kier alpha value is -1.77. The van der Waals surface area contributed by atoms with Crippen molar-refractivity contribution < 1.29 is 0 Å². The van der Waals surface area contributed by atoms with E-state index in [4.69, 9.17) is 5.10 Å². The quantitative estimate of drug-likeness (QED) is 0.845. The van der Waals surface area contributed by atoms with Crippen molar-refractivity contribution in [3.8, 4) is 0 Å². The molecule has 1 aromatic carbocycles. The van der Waals surface area contributed by atoms with E-state index in [1.165, 1.54) is 28.1 Å². The van der Waals surface area contributed by atoms with Crippen LogP contribution >= 0.6 is 0 Å². The number of hydrogen-bond donors (Lipinski definition) is 1. The molecule has 0 radical (unpaired) electrons. The molecule has 100 valence electrons. The van der Waals surface area contributed by atoms with Gasteiger partial charge in [-0.25, -0.2) is 4.68 Å². The molecule has 0 bridgehead atoms. The molecular weight excluding hydrogens is 234 g/mol. The van der Waals surface area contributed by atoms with Gasteiger partial charge in [0, 0.05) is 12.1 Å². The second kappa shape index (κ2) is 4.41. The molecule has 3 nitrogen and oxygen atoms in total. The van der Waals surface area contributed by atoms with Crippen LogP contribution in [0.15, 0.2) is 18.2 Å². The lowest BCUT2D eigenvalue weighted by Crippen LogP contribution is -2.24. The molecule has 1 N–H and O–H groups in total. The predicted octanol–water partition coefficient (Wildman–Crippen LogP) is 3.52. The lowest BCUT2D eigenvalue weighted by molar-refractivity contribution is 0.479.